The summed E-state index contributed by atoms with van der Waals surface area (Å²) >= 11 is 0. The maximum Gasteiger partial charge on any atom is 0.178 e. The minimum Gasteiger partial charge on any atom is -0.505 e. The van der Waals surface area contributed by atoms with E-state index in [1.807, 2.05) is 36.4 Å². The average molecular weight is 184 g/mol. The summed E-state index contributed by atoms with van der Waals surface area (Å²) in [6.07, 6.45) is 1.58. The van der Waals surface area contributed by atoms with Crippen LogP contribution in [0, 0.1) is 11.3 Å². The molecular weight excluding hydrogens is 176 g/mol. The number of aliphatic hydroxyl groups excluding tert-OH is 1. The first-order valence-electron chi connectivity index (χ1n) is 4.25. The van der Waals surface area contributed by atoms with Gasteiger partial charge in [0.2, 0.25) is 0 Å². The van der Waals surface area contributed by atoms with E-state index < -0.39 is 0 Å². The molecular formula is C11H8N2O. The van der Waals surface area contributed by atoms with E-state index in [1.165, 1.54) is 0 Å². The summed E-state index contributed by atoms with van der Waals surface area (Å²) in [5, 5.41) is 17.9. The van der Waals surface area contributed by atoms with E-state index in [1.54, 1.807) is 6.08 Å². The lowest BCUT2D eigenvalue weighted by Crippen LogP contribution is -1.92. The van der Waals surface area contributed by atoms with Crippen LogP contribution in [0.5, 0.6) is 0 Å². The molecule has 0 radical (unpaired) electrons. The molecule has 14 heavy (non-hydrogen) atoms. The summed E-state index contributed by atoms with van der Waals surface area (Å²) < 4.78 is 0. The second-order valence-corrected chi connectivity index (χ2v) is 3.00. The van der Waals surface area contributed by atoms with Crippen LogP contribution in [0.3, 0.4) is 0 Å². The third kappa shape index (κ3) is 1.38. The van der Waals surface area contributed by atoms with Crippen LogP contribution in [-0.2, 0) is 0 Å². The molecule has 1 unspecified atom stereocenters. The molecule has 1 aromatic carbocycles. The lowest BCUT2D eigenvalue weighted by atomic mass is 10.1. The number of aliphatic hydroxyl groups is 1. The average Bonchev–Trinajstić information content (AvgIpc) is 2.61. The van der Waals surface area contributed by atoms with Crippen LogP contribution >= 0.6 is 0 Å². The van der Waals surface area contributed by atoms with Gasteiger partial charge >= 0.3 is 0 Å². The predicted octanol–water partition coefficient (Wildman–Crippen LogP) is 2.15. The van der Waals surface area contributed by atoms with Gasteiger partial charge in [-0.05, 0) is 11.6 Å². The Labute approximate surface area is 81.6 Å². The maximum absolute atomic E-state index is 9.33. The van der Waals surface area contributed by atoms with Crippen LogP contribution in [0.15, 0.2) is 47.2 Å². The van der Waals surface area contributed by atoms with Crippen molar-refractivity contribution in [2.24, 2.45) is 4.99 Å². The van der Waals surface area contributed by atoms with Crippen molar-refractivity contribution in [1.82, 2.24) is 0 Å². The van der Waals surface area contributed by atoms with E-state index in [0.29, 0.717) is 0 Å². The van der Waals surface area contributed by atoms with Gasteiger partial charge in [-0.3, -0.25) is 4.99 Å². The van der Waals surface area contributed by atoms with E-state index in [0.717, 1.165) is 5.56 Å². The van der Waals surface area contributed by atoms with Gasteiger partial charge in [-0.15, -0.1) is 0 Å². The quantitative estimate of drug-likeness (QED) is 0.726. The second-order valence-electron chi connectivity index (χ2n) is 3.00. The monoisotopic (exact) mass is 184 g/mol. The van der Waals surface area contributed by atoms with E-state index in [4.69, 9.17) is 5.26 Å². The first kappa shape index (κ1) is 8.52. The van der Waals surface area contributed by atoms with Crippen molar-refractivity contribution in [3.05, 3.63) is 47.7 Å². The van der Waals surface area contributed by atoms with Crippen molar-refractivity contribution >= 4 is 5.71 Å². The number of nitrogens with zero attached hydrogens (tertiary/aromatic N) is 2. The topological polar surface area (TPSA) is 56.4 Å². The number of nitriles is 1. The molecule has 0 bridgehead atoms. The van der Waals surface area contributed by atoms with Crippen LogP contribution in [-0.4, -0.2) is 10.8 Å². The van der Waals surface area contributed by atoms with Crippen molar-refractivity contribution in [1.29, 1.82) is 5.26 Å². The number of rotatable bonds is 1. The van der Waals surface area contributed by atoms with Gasteiger partial charge in [0.05, 0.1) is 6.04 Å². The maximum atomic E-state index is 9.33. The molecule has 1 atom stereocenters. The molecule has 3 heteroatoms. The molecule has 1 N–H and O–H groups in total. The zero-order chi connectivity index (χ0) is 9.97. The third-order valence-electron chi connectivity index (χ3n) is 2.07. The van der Waals surface area contributed by atoms with Crippen molar-refractivity contribution in [3.8, 4) is 6.07 Å². The number of benzene rings is 1. The lowest BCUT2D eigenvalue weighted by Gasteiger charge is -2.02. The Morgan fingerprint density at radius 3 is 2.57 bits per heavy atom. The Kier molecular flexibility index (Phi) is 2.04. The van der Waals surface area contributed by atoms with Gasteiger partial charge in [0, 0.05) is 0 Å². The lowest BCUT2D eigenvalue weighted by molar-refractivity contribution is 0.444. The second kappa shape index (κ2) is 3.35. The molecule has 0 aliphatic carbocycles. The zero-order valence-corrected chi connectivity index (χ0v) is 7.38. The summed E-state index contributed by atoms with van der Waals surface area (Å²) in [4.78, 5) is 4.07. The van der Waals surface area contributed by atoms with Crippen LogP contribution in [0.25, 0.3) is 0 Å². The fraction of sp³-hybridized carbons (Fsp3) is 0.0909. The van der Waals surface area contributed by atoms with Crippen LogP contribution in [0.2, 0.25) is 0 Å². The molecule has 0 fully saturated rings. The molecule has 3 nitrogen and oxygen atoms in total. The smallest absolute Gasteiger partial charge is 0.178 e. The van der Waals surface area contributed by atoms with Gasteiger partial charge < -0.3 is 5.11 Å². The fourth-order valence-electron chi connectivity index (χ4n) is 1.38. The van der Waals surface area contributed by atoms with Crippen LogP contribution in [0.4, 0.5) is 0 Å². The number of hydrogen-bond donors (Lipinski definition) is 1. The molecule has 0 amide bonds. The fourth-order valence-corrected chi connectivity index (χ4v) is 1.38. The van der Waals surface area contributed by atoms with E-state index in [9.17, 15) is 5.11 Å². The Balaban J connectivity index is 2.34. The van der Waals surface area contributed by atoms with Gasteiger partial charge in [0.25, 0.3) is 0 Å². The third-order valence-corrected chi connectivity index (χ3v) is 2.07. The highest BCUT2D eigenvalue weighted by atomic mass is 16.3. The van der Waals surface area contributed by atoms with Gasteiger partial charge in [0.15, 0.2) is 5.71 Å². The minimum atomic E-state index is -0.217. The summed E-state index contributed by atoms with van der Waals surface area (Å²) in [5.74, 6) is -0.0265. The largest absolute Gasteiger partial charge is 0.505 e. The highest BCUT2D eigenvalue weighted by molar-refractivity contribution is 6.11. The number of allylic oxidation sites excluding steroid dienone is 1. The van der Waals surface area contributed by atoms with Gasteiger partial charge in [-0.2, -0.15) is 5.26 Å². The Bertz CT molecular complexity index is 440. The molecule has 1 aromatic rings. The van der Waals surface area contributed by atoms with Gasteiger partial charge in [0.1, 0.15) is 11.8 Å². The molecule has 68 valence electrons. The summed E-state index contributed by atoms with van der Waals surface area (Å²) in [7, 11) is 0. The highest BCUT2D eigenvalue weighted by Crippen LogP contribution is 2.25. The van der Waals surface area contributed by atoms with E-state index in [-0.39, 0.29) is 17.5 Å². The van der Waals surface area contributed by atoms with Crippen molar-refractivity contribution in [2.75, 3.05) is 0 Å². The van der Waals surface area contributed by atoms with Crippen LogP contribution < -0.4 is 0 Å². The molecule has 0 saturated heterocycles. The molecule has 1 aliphatic rings. The zero-order valence-electron chi connectivity index (χ0n) is 7.38. The summed E-state index contributed by atoms with van der Waals surface area (Å²) in [6, 6.07) is 11.2. The Morgan fingerprint density at radius 1 is 1.29 bits per heavy atom. The normalized spacial score (nSPS) is 19.8. The summed E-state index contributed by atoms with van der Waals surface area (Å²) in [5.41, 5.74) is 1.09. The Morgan fingerprint density at radius 2 is 2.00 bits per heavy atom. The highest BCUT2D eigenvalue weighted by Gasteiger charge is 2.19. The van der Waals surface area contributed by atoms with E-state index in [2.05, 4.69) is 4.99 Å². The molecule has 0 saturated carbocycles. The van der Waals surface area contributed by atoms with E-state index >= 15 is 0 Å². The number of aliphatic imine (C=N–C) groups is 1. The van der Waals surface area contributed by atoms with Crippen molar-refractivity contribution < 1.29 is 5.11 Å². The Hall–Kier alpha value is -2.08. The molecule has 0 spiro atoms. The molecule has 2 rings (SSSR count). The SMILES string of the molecule is N#CC1=NC(c2ccccc2)C=C1O. The molecule has 1 heterocycles. The standard InChI is InChI=1S/C11H8N2O/c12-7-10-11(14)6-9(13-10)8-4-2-1-3-5-8/h1-6,9,14H. The van der Waals surface area contributed by atoms with Crippen molar-refractivity contribution in [3.63, 3.8) is 0 Å². The molecule has 0 aromatic heterocycles. The number of hydrogen-bond acceptors (Lipinski definition) is 3. The van der Waals surface area contributed by atoms with Crippen molar-refractivity contribution in [2.45, 2.75) is 6.04 Å². The minimum absolute atomic E-state index is 0.0265. The first-order chi connectivity index (χ1) is 6.81. The van der Waals surface area contributed by atoms with Gasteiger partial charge in [-0.25, -0.2) is 0 Å². The van der Waals surface area contributed by atoms with Gasteiger partial charge in [-0.1, -0.05) is 30.3 Å². The first-order valence-corrected chi connectivity index (χ1v) is 4.25. The predicted molar refractivity (Wildman–Crippen MR) is 52.9 cm³/mol. The van der Waals surface area contributed by atoms with Crippen LogP contribution in [0.1, 0.15) is 11.6 Å². The summed E-state index contributed by atoms with van der Waals surface area (Å²) in [6.45, 7) is 0. The molecule has 1 aliphatic heterocycles.